The second-order valence-electron chi connectivity index (χ2n) is 5.94. The number of carbonyl (C=O) groups excluding carboxylic acids is 3. The molecule has 1 aromatic carbocycles. The molecule has 2 rings (SSSR count). The average molecular weight is 328 g/mol. The highest BCUT2D eigenvalue weighted by molar-refractivity contribution is 6.42. The zero-order valence-corrected chi connectivity index (χ0v) is 13.3. The van der Waals surface area contributed by atoms with Crippen LogP contribution < -0.4 is 0 Å². The van der Waals surface area contributed by atoms with Crippen LogP contribution >= 0.6 is 23.2 Å². The maximum atomic E-state index is 12.2. The Bertz CT molecular complexity index is 605. The molecule has 6 heteroatoms. The molecule has 21 heavy (non-hydrogen) atoms. The van der Waals surface area contributed by atoms with Crippen LogP contribution in [-0.2, 0) is 9.59 Å². The van der Waals surface area contributed by atoms with Crippen molar-refractivity contribution in [3.05, 3.63) is 33.8 Å². The summed E-state index contributed by atoms with van der Waals surface area (Å²) in [5.74, 6) is -0.968. The van der Waals surface area contributed by atoms with Gasteiger partial charge in [-0.15, -0.1) is 0 Å². The third-order valence-electron chi connectivity index (χ3n) is 3.40. The number of likely N-dealkylation sites (tertiary alicyclic amines) is 1. The van der Waals surface area contributed by atoms with Crippen molar-refractivity contribution < 1.29 is 14.4 Å². The molecule has 1 aliphatic heterocycles. The molecule has 1 heterocycles. The van der Waals surface area contributed by atoms with E-state index >= 15 is 0 Å². The van der Waals surface area contributed by atoms with Crippen LogP contribution in [0.4, 0.5) is 0 Å². The molecule has 1 fully saturated rings. The lowest BCUT2D eigenvalue weighted by Gasteiger charge is -2.34. The Labute approximate surface area is 133 Å². The van der Waals surface area contributed by atoms with Gasteiger partial charge in [0.1, 0.15) is 0 Å². The predicted octanol–water partition coefficient (Wildman–Crippen LogP) is 3.35. The Morgan fingerprint density at radius 1 is 1.14 bits per heavy atom. The summed E-state index contributed by atoms with van der Waals surface area (Å²) in [6.07, 6.45) is 0.515. The highest BCUT2D eigenvalue weighted by atomic mass is 35.5. The van der Waals surface area contributed by atoms with Gasteiger partial charge >= 0.3 is 0 Å². The molecule has 1 aliphatic rings. The van der Waals surface area contributed by atoms with Crippen LogP contribution in [0.2, 0.25) is 10.0 Å². The van der Waals surface area contributed by atoms with Crippen LogP contribution in [0.3, 0.4) is 0 Å². The van der Waals surface area contributed by atoms with Crippen LogP contribution in [0.25, 0.3) is 0 Å². The van der Waals surface area contributed by atoms with Crippen LogP contribution in [0.15, 0.2) is 18.2 Å². The number of Topliss-reactive ketones (excluding diaryl/α,β-unsaturated/α-hetero) is 1. The normalized spacial score (nSPS) is 18.0. The smallest absolute Gasteiger partial charge is 0.230 e. The van der Waals surface area contributed by atoms with Gasteiger partial charge in [-0.3, -0.25) is 19.3 Å². The van der Waals surface area contributed by atoms with Gasteiger partial charge in [0.25, 0.3) is 0 Å². The first-order valence-electron chi connectivity index (χ1n) is 6.51. The lowest BCUT2D eigenvalue weighted by molar-refractivity contribution is -0.151. The second kappa shape index (κ2) is 5.78. The first kappa shape index (κ1) is 16.0. The summed E-state index contributed by atoms with van der Waals surface area (Å²) >= 11 is 11.7. The van der Waals surface area contributed by atoms with Gasteiger partial charge in [0.15, 0.2) is 5.78 Å². The molecule has 0 aliphatic carbocycles. The number of amides is 2. The van der Waals surface area contributed by atoms with Gasteiger partial charge in [0, 0.05) is 18.4 Å². The summed E-state index contributed by atoms with van der Waals surface area (Å²) < 4.78 is 0. The fourth-order valence-electron chi connectivity index (χ4n) is 2.29. The van der Waals surface area contributed by atoms with E-state index in [1.54, 1.807) is 0 Å². The third-order valence-corrected chi connectivity index (χ3v) is 4.14. The zero-order chi connectivity index (χ0) is 15.8. The Morgan fingerprint density at radius 3 is 2.24 bits per heavy atom. The SMILES string of the molecule is CC1(C)CC(=O)N(CC(=O)c2ccc(Cl)c(Cl)c2)C(=O)C1. The van der Waals surface area contributed by atoms with Gasteiger partial charge < -0.3 is 0 Å². The van der Waals surface area contributed by atoms with Gasteiger partial charge in [0.05, 0.1) is 16.6 Å². The van der Waals surface area contributed by atoms with E-state index in [1.807, 2.05) is 13.8 Å². The van der Waals surface area contributed by atoms with Crippen molar-refractivity contribution >= 4 is 40.8 Å². The molecule has 0 bridgehead atoms. The summed E-state index contributed by atoms with van der Waals surface area (Å²) in [5.41, 5.74) is -0.0214. The molecule has 0 aromatic heterocycles. The van der Waals surface area contributed by atoms with E-state index < -0.39 is 0 Å². The monoisotopic (exact) mass is 327 g/mol. The molecule has 1 aromatic rings. The molecule has 0 atom stereocenters. The number of rotatable bonds is 3. The Kier molecular flexibility index (Phi) is 4.40. The Balaban J connectivity index is 2.14. The van der Waals surface area contributed by atoms with E-state index in [1.165, 1.54) is 18.2 Å². The summed E-state index contributed by atoms with van der Waals surface area (Å²) in [6.45, 7) is 3.47. The maximum Gasteiger partial charge on any atom is 0.230 e. The molecule has 112 valence electrons. The van der Waals surface area contributed by atoms with Crippen LogP contribution in [0.5, 0.6) is 0 Å². The number of ketones is 1. The predicted molar refractivity (Wildman–Crippen MR) is 80.5 cm³/mol. The molecule has 0 saturated carbocycles. The number of imide groups is 1. The van der Waals surface area contributed by atoms with Crippen LogP contribution in [0.1, 0.15) is 37.0 Å². The Morgan fingerprint density at radius 2 is 1.71 bits per heavy atom. The summed E-state index contributed by atoms with van der Waals surface area (Å²) in [6, 6.07) is 4.48. The fourth-order valence-corrected chi connectivity index (χ4v) is 2.59. The maximum absolute atomic E-state index is 12.2. The molecular formula is C15H15Cl2NO3. The van der Waals surface area contributed by atoms with E-state index in [9.17, 15) is 14.4 Å². The number of nitrogens with zero attached hydrogens (tertiary/aromatic N) is 1. The van der Waals surface area contributed by atoms with Crippen LogP contribution in [-0.4, -0.2) is 29.0 Å². The summed E-state index contributed by atoms with van der Waals surface area (Å²) in [4.78, 5) is 37.2. The molecule has 0 spiro atoms. The molecule has 1 saturated heterocycles. The zero-order valence-electron chi connectivity index (χ0n) is 11.8. The van der Waals surface area contributed by atoms with Crippen molar-refractivity contribution in [1.29, 1.82) is 0 Å². The number of piperidine rings is 1. The lowest BCUT2D eigenvalue weighted by atomic mass is 9.81. The van der Waals surface area contributed by atoms with Gasteiger partial charge in [-0.1, -0.05) is 37.0 Å². The highest BCUT2D eigenvalue weighted by Gasteiger charge is 2.38. The van der Waals surface area contributed by atoms with Gasteiger partial charge in [0.2, 0.25) is 11.8 Å². The van der Waals surface area contributed by atoms with E-state index in [4.69, 9.17) is 23.2 Å². The first-order chi connectivity index (χ1) is 9.69. The lowest BCUT2D eigenvalue weighted by Crippen LogP contribution is -2.48. The number of benzene rings is 1. The molecule has 4 nitrogen and oxygen atoms in total. The summed E-state index contributed by atoms with van der Waals surface area (Å²) in [7, 11) is 0. The van der Waals surface area contributed by atoms with Crippen molar-refractivity contribution in [3.8, 4) is 0 Å². The third kappa shape index (κ3) is 3.63. The molecule has 2 amide bonds. The molecule has 0 radical (unpaired) electrons. The van der Waals surface area contributed by atoms with E-state index in [0.717, 1.165) is 4.90 Å². The van der Waals surface area contributed by atoms with E-state index in [-0.39, 0.29) is 47.4 Å². The number of carbonyl (C=O) groups is 3. The minimum absolute atomic E-state index is 0.257. The van der Waals surface area contributed by atoms with Crippen molar-refractivity contribution in [3.63, 3.8) is 0 Å². The Hall–Kier alpha value is -1.39. The number of hydrogen-bond acceptors (Lipinski definition) is 3. The van der Waals surface area contributed by atoms with Crippen molar-refractivity contribution in [2.45, 2.75) is 26.7 Å². The number of halogens is 2. The molecule has 0 N–H and O–H groups in total. The van der Waals surface area contributed by atoms with E-state index in [2.05, 4.69) is 0 Å². The quantitative estimate of drug-likeness (QED) is 0.631. The van der Waals surface area contributed by atoms with Crippen molar-refractivity contribution in [2.75, 3.05) is 6.54 Å². The van der Waals surface area contributed by atoms with Gasteiger partial charge in [-0.05, 0) is 23.6 Å². The topological polar surface area (TPSA) is 54.5 Å². The molecule has 0 unspecified atom stereocenters. The highest BCUT2D eigenvalue weighted by Crippen LogP contribution is 2.31. The van der Waals surface area contributed by atoms with Crippen molar-refractivity contribution in [1.82, 2.24) is 4.90 Å². The fraction of sp³-hybridized carbons (Fsp3) is 0.400. The standard InChI is InChI=1S/C15H15Cl2NO3/c1-15(2)6-13(20)18(14(21)7-15)8-12(19)9-3-4-10(16)11(17)5-9/h3-5H,6-8H2,1-2H3. The first-order valence-corrected chi connectivity index (χ1v) is 7.27. The van der Waals surface area contributed by atoms with Crippen molar-refractivity contribution in [2.24, 2.45) is 5.41 Å². The average Bonchev–Trinajstić information content (AvgIpc) is 2.35. The summed E-state index contributed by atoms with van der Waals surface area (Å²) in [5, 5.41) is 0.611. The largest absolute Gasteiger partial charge is 0.292 e. The second-order valence-corrected chi connectivity index (χ2v) is 6.76. The molecular weight excluding hydrogens is 313 g/mol. The number of hydrogen-bond donors (Lipinski definition) is 0. The minimum atomic E-state index is -0.350. The minimum Gasteiger partial charge on any atom is -0.292 e. The van der Waals surface area contributed by atoms with E-state index in [0.29, 0.717) is 10.6 Å². The van der Waals surface area contributed by atoms with Crippen LogP contribution in [0, 0.1) is 5.41 Å². The van der Waals surface area contributed by atoms with Gasteiger partial charge in [-0.25, -0.2) is 0 Å². The van der Waals surface area contributed by atoms with Gasteiger partial charge in [-0.2, -0.15) is 0 Å².